The van der Waals surface area contributed by atoms with Crippen molar-refractivity contribution in [3.05, 3.63) is 18.0 Å². The lowest BCUT2D eigenvalue weighted by molar-refractivity contribution is 0.310. The molecule has 1 fully saturated rings. The molecule has 0 spiro atoms. The van der Waals surface area contributed by atoms with E-state index in [9.17, 15) is 0 Å². The topological polar surface area (TPSA) is 47.1 Å². The van der Waals surface area contributed by atoms with Crippen LogP contribution in [0.1, 0.15) is 32.0 Å². The predicted octanol–water partition coefficient (Wildman–Crippen LogP) is 1.42. The Morgan fingerprint density at radius 2 is 2.31 bits per heavy atom. The molecule has 0 amide bonds. The van der Waals surface area contributed by atoms with Crippen LogP contribution in [0.25, 0.3) is 0 Å². The zero-order valence-electron chi connectivity index (χ0n) is 9.97. The smallest absolute Gasteiger partial charge is 0.0527 e. The average molecular weight is 245 g/mol. The van der Waals surface area contributed by atoms with E-state index >= 15 is 0 Å². The molecule has 1 aromatic rings. The number of likely N-dealkylation sites (tertiary alicyclic amines) is 1. The first-order valence-corrected chi connectivity index (χ1v) is 5.67. The van der Waals surface area contributed by atoms with Crippen LogP contribution >= 0.6 is 12.4 Å². The number of rotatable bonds is 3. The standard InChI is InChI=1S/C11H20N4.ClH/c1-9(2)15-11(3-5-13-15)8-14-6-4-10(12)7-14;/h3,5,9-10H,4,6-8,12H2,1-2H3;1H/t10-;/m1./s1. The van der Waals surface area contributed by atoms with Crippen LogP contribution in [-0.2, 0) is 6.54 Å². The minimum absolute atomic E-state index is 0. The van der Waals surface area contributed by atoms with Gasteiger partial charge in [0.1, 0.15) is 0 Å². The fourth-order valence-electron chi connectivity index (χ4n) is 2.17. The third kappa shape index (κ3) is 2.97. The van der Waals surface area contributed by atoms with Gasteiger partial charge in [0, 0.05) is 37.9 Å². The summed E-state index contributed by atoms with van der Waals surface area (Å²) in [7, 11) is 0. The third-order valence-electron chi connectivity index (χ3n) is 2.94. The molecule has 2 N–H and O–H groups in total. The molecule has 5 heteroatoms. The Kier molecular flexibility index (Phi) is 4.77. The Labute approximate surface area is 103 Å². The Balaban J connectivity index is 0.00000128. The second-order valence-corrected chi connectivity index (χ2v) is 4.64. The summed E-state index contributed by atoms with van der Waals surface area (Å²) in [5, 5.41) is 4.34. The van der Waals surface area contributed by atoms with E-state index in [0.29, 0.717) is 12.1 Å². The van der Waals surface area contributed by atoms with Gasteiger partial charge >= 0.3 is 0 Å². The minimum Gasteiger partial charge on any atom is -0.326 e. The van der Waals surface area contributed by atoms with Gasteiger partial charge in [0.25, 0.3) is 0 Å². The van der Waals surface area contributed by atoms with E-state index in [2.05, 4.69) is 34.6 Å². The van der Waals surface area contributed by atoms with Crippen LogP contribution in [0.2, 0.25) is 0 Å². The summed E-state index contributed by atoms with van der Waals surface area (Å²) in [6, 6.07) is 2.90. The lowest BCUT2D eigenvalue weighted by Crippen LogP contribution is -2.27. The van der Waals surface area contributed by atoms with E-state index in [1.807, 2.05) is 6.20 Å². The number of nitrogens with zero attached hydrogens (tertiary/aromatic N) is 3. The van der Waals surface area contributed by atoms with Gasteiger partial charge in [-0.1, -0.05) is 0 Å². The number of halogens is 1. The molecule has 2 rings (SSSR count). The highest BCUT2D eigenvalue weighted by Crippen LogP contribution is 2.14. The first-order chi connectivity index (χ1) is 7.16. The van der Waals surface area contributed by atoms with Crippen LogP contribution in [0, 0.1) is 0 Å². The molecular formula is C11H21ClN4. The molecule has 2 heterocycles. The molecule has 0 bridgehead atoms. The Bertz CT molecular complexity index is 324. The van der Waals surface area contributed by atoms with E-state index in [1.165, 1.54) is 5.69 Å². The zero-order chi connectivity index (χ0) is 10.8. The Morgan fingerprint density at radius 3 is 2.88 bits per heavy atom. The molecule has 92 valence electrons. The third-order valence-corrected chi connectivity index (χ3v) is 2.94. The van der Waals surface area contributed by atoms with Crippen LogP contribution in [0.15, 0.2) is 12.3 Å². The maximum Gasteiger partial charge on any atom is 0.0527 e. The van der Waals surface area contributed by atoms with Crippen LogP contribution in [0.4, 0.5) is 0 Å². The minimum atomic E-state index is 0. The summed E-state index contributed by atoms with van der Waals surface area (Å²) in [6.45, 7) is 7.43. The number of aromatic nitrogens is 2. The quantitative estimate of drug-likeness (QED) is 0.875. The van der Waals surface area contributed by atoms with Gasteiger partial charge in [0.15, 0.2) is 0 Å². The van der Waals surface area contributed by atoms with Crippen molar-refractivity contribution in [1.29, 1.82) is 0 Å². The van der Waals surface area contributed by atoms with E-state index in [4.69, 9.17) is 5.73 Å². The van der Waals surface area contributed by atoms with Gasteiger partial charge in [-0.3, -0.25) is 9.58 Å². The van der Waals surface area contributed by atoms with Crippen molar-refractivity contribution in [1.82, 2.24) is 14.7 Å². The molecule has 0 saturated carbocycles. The highest BCUT2D eigenvalue weighted by molar-refractivity contribution is 5.85. The molecule has 1 aliphatic heterocycles. The fourth-order valence-corrected chi connectivity index (χ4v) is 2.17. The van der Waals surface area contributed by atoms with Crippen molar-refractivity contribution >= 4 is 12.4 Å². The first kappa shape index (κ1) is 13.5. The summed E-state index contributed by atoms with van der Waals surface area (Å²) < 4.78 is 2.09. The molecule has 1 aliphatic rings. The van der Waals surface area contributed by atoms with E-state index in [1.54, 1.807) is 0 Å². The molecule has 16 heavy (non-hydrogen) atoms. The summed E-state index contributed by atoms with van der Waals surface area (Å²) in [5.74, 6) is 0. The van der Waals surface area contributed by atoms with Crippen molar-refractivity contribution in [2.75, 3.05) is 13.1 Å². The maximum absolute atomic E-state index is 5.89. The lowest BCUT2D eigenvalue weighted by atomic mass is 10.3. The van der Waals surface area contributed by atoms with Crippen LogP contribution < -0.4 is 5.73 Å². The average Bonchev–Trinajstić information content (AvgIpc) is 2.75. The summed E-state index contributed by atoms with van der Waals surface area (Å²) in [4.78, 5) is 2.40. The van der Waals surface area contributed by atoms with Gasteiger partial charge in [-0.2, -0.15) is 5.10 Å². The number of hydrogen-bond donors (Lipinski definition) is 1. The van der Waals surface area contributed by atoms with Crippen molar-refractivity contribution < 1.29 is 0 Å². The Hall–Kier alpha value is -0.580. The molecule has 1 aromatic heterocycles. The SMILES string of the molecule is CC(C)n1nccc1CN1CC[C@@H](N)C1.Cl. The second kappa shape index (κ2) is 5.66. The van der Waals surface area contributed by atoms with Crippen LogP contribution in [-0.4, -0.2) is 33.8 Å². The lowest BCUT2D eigenvalue weighted by Gasteiger charge is -2.17. The van der Waals surface area contributed by atoms with Crippen LogP contribution in [0.3, 0.4) is 0 Å². The molecule has 4 nitrogen and oxygen atoms in total. The van der Waals surface area contributed by atoms with Gasteiger partial charge < -0.3 is 5.73 Å². The molecule has 0 unspecified atom stereocenters. The number of nitrogens with two attached hydrogens (primary N) is 1. The predicted molar refractivity (Wildman–Crippen MR) is 67.7 cm³/mol. The zero-order valence-corrected chi connectivity index (χ0v) is 10.8. The molecule has 0 radical (unpaired) electrons. The van der Waals surface area contributed by atoms with Gasteiger partial charge in [-0.25, -0.2) is 0 Å². The fraction of sp³-hybridized carbons (Fsp3) is 0.727. The summed E-state index contributed by atoms with van der Waals surface area (Å²) in [6.07, 6.45) is 3.00. The summed E-state index contributed by atoms with van der Waals surface area (Å²) >= 11 is 0. The molecular weight excluding hydrogens is 224 g/mol. The van der Waals surface area contributed by atoms with Gasteiger partial charge in [-0.15, -0.1) is 12.4 Å². The highest BCUT2D eigenvalue weighted by Gasteiger charge is 2.20. The first-order valence-electron chi connectivity index (χ1n) is 5.67. The normalized spacial score (nSPS) is 21.4. The van der Waals surface area contributed by atoms with E-state index in [0.717, 1.165) is 26.1 Å². The van der Waals surface area contributed by atoms with Gasteiger partial charge in [0.2, 0.25) is 0 Å². The van der Waals surface area contributed by atoms with E-state index in [-0.39, 0.29) is 12.4 Å². The van der Waals surface area contributed by atoms with Crippen molar-refractivity contribution in [2.45, 2.75) is 38.9 Å². The molecule has 1 saturated heterocycles. The second-order valence-electron chi connectivity index (χ2n) is 4.64. The van der Waals surface area contributed by atoms with Crippen molar-refractivity contribution in [2.24, 2.45) is 5.73 Å². The Morgan fingerprint density at radius 1 is 1.56 bits per heavy atom. The highest BCUT2D eigenvalue weighted by atomic mass is 35.5. The number of hydrogen-bond acceptors (Lipinski definition) is 3. The van der Waals surface area contributed by atoms with Crippen molar-refractivity contribution in [3.63, 3.8) is 0 Å². The van der Waals surface area contributed by atoms with Gasteiger partial charge in [-0.05, 0) is 26.3 Å². The molecule has 0 aromatic carbocycles. The molecule has 1 atom stereocenters. The van der Waals surface area contributed by atoms with Gasteiger partial charge in [0.05, 0.1) is 5.69 Å². The van der Waals surface area contributed by atoms with Crippen LogP contribution in [0.5, 0.6) is 0 Å². The van der Waals surface area contributed by atoms with Crippen molar-refractivity contribution in [3.8, 4) is 0 Å². The largest absolute Gasteiger partial charge is 0.326 e. The monoisotopic (exact) mass is 244 g/mol. The molecule has 0 aliphatic carbocycles. The summed E-state index contributed by atoms with van der Waals surface area (Å²) in [5.41, 5.74) is 7.18. The maximum atomic E-state index is 5.89. The van der Waals surface area contributed by atoms with E-state index < -0.39 is 0 Å².